The second kappa shape index (κ2) is 7.16. The van der Waals surface area contributed by atoms with E-state index in [9.17, 15) is 0 Å². The monoisotopic (exact) mass is 416 g/mol. The van der Waals surface area contributed by atoms with Crippen LogP contribution in [-0.4, -0.2) is 11.5 Å². The van der Waals surface area contributed by atoms with Gasteiger partial charge in [-0.3, -0.25) is 0 Å². The van der Waals surface area contributed by atoms with Crippen molar-refractivity contribution in [2.24, 2.45) is 0 Å². The highest BCUT2D eigenvalue weighted by atomic mass is 79.9. The van der Waals surface area contributed by atoms with Gasteiger partial charge in [0.25, 0.3) is 0 Å². The molecule has 20 heavy (non-hydrogen) atoms. The molecule has 1 N–H and O–H groups in total. The molecule has 0 saturated heterocycles. The molecular formula is C15H18Br2N2S. The van der Waals surface area contributed by atoms with Crippen LogP contribution in [0.2, 0.25) is 0 Å². The normalized spacial score (nSPS) is 12.9. The summed E-state index contributed by atoms with van der Waals surface area (Å²) in [5.41, 5.74) is 2.40. The van der Waals surface area contributed by atoms with E-state index in [1.807, 2.05) is 0 Å². The van der Waals surface area contributed by atoms with E-state index in [0.29, 0.717) is 5.92 Å². The summed E-state index contributed by atoms with van der Waals surface area (Å²) in [6.07, 6.45) is 0. The van der Waals surface area contributed by atoms with E-state index in [4.69, 9.17) is 4.98 Å². The van der Waals surface area contributed by atoms with E-state index in [2.05, 4.69) is 81.5 Å². The molecule has 0 saturated carbocycles. The molecule has 2 nitrogen and oxygen atoms in total. The fourth-order valence-electron chi connectivity index (χ4n) is 1.94. The lowest BCUT2D eigenvalue weighted by atomic mass is 10.1. The quantitative estimate of drug-likeness (QED) is 0.695. The highest BCUT2D eigenvalue weighted by molar-refractivity contribution is 9.13. The molecular weight excluding hydrogens is 400 g/mol. The van der Waals surface area contributed by atoms with Gasteiger partial charge < -0.3 is 5.32 Å². The van der Waals surface area contributed by atoms with Gasteiger partial charge in [-0.05, 0) is 62.0 Å². The lowest BCUT2D eigenvalue weighted by Gasteiger charge is -2.16. The summed E-state index contributed by atoms with van der Waals surface area (Å²) in [5, 5.41) is 6.82. The minimum absolute atomic E-state index is 0.155. The van der Waals surface area contributed by atoms with Crippen molar-refractivity contribution in [3.63, 3.8) is 0 Å². The molecule has 1 heterocycles. The summed E-state index contributed by atoms with van der Waals surface area (Å²) in [4.78, 5) is 4.79. The Labute approximate surface area is 141 Å². The topological polar surface area (TPSA) is 24.9 Å². The smallest absolute Gasteiger partial charge is 0.114 e. The third-order valence-electron chi connectivity index (χ3n) is 3.06. The van der Waals surface area contributed by atoms with Crippen molar-refractivity contribution in [2.45, 2.75) is 32.7 Å². The predicted molar refractivity (Wildman–Crippen MR) is 93.6 cm³/mol. The number of thiazole rings is 1. The Balaban J connectivity index is 2.36. The Kier molecular flexibility index (Phi) is 5.78. The van der Waals surface area contributed by atoms with Gasteiger partial charge in [0.1, 0.15) is 5.01 Å². The summed E-state index contributed by atoms with van der Waals surface area (Å²) >= 11 is 8.82. The van der Waals surface area contributed by atoms with Crippen LogP contribution in [0.5, 0.6) is 0 Å². The third kappa shape index (κ3) is 3.70. The zero-order valence-corrected chi connectivity index (χ0v) is 15.8. The van der Waals surface area contributed by atoms with Crippen LogP contribution in [0.25, 0.3) is 0 Å². The summed E-state index contributed by atoms with van der Waals surface area (Å²) < 4.78 is 2.14. The Morgan fingerprint density at radius 3 is 2.55 bits per heavy atom. The molecule has 1 atom stereocenters. The third-order valence-corrected chi connectivity index (χ3v) is 5.87. The molecule has 0 radical (unpaired) electrons. The number of rotatable bonds is 5. The first-order valence-corrected chi connectivity index (χ1v) is 9.13. The molecule has 1 unspecified atom stereocenters. The average Bonchev–Trinajstić information content (AvgIpc) is 2.89. The molecule has 2 aromatic rings. The molecule has 108 valence electrons. The highest BCUT2D eigenvalue weighted by Crippen LogP contribution is 2.31. The summed E-state index contributed by atoms with van der Waals surface area (Å²) in [7, 11) is 0. The minimum Gasteiger partial charge on any atom is -0.305 e. The van der Waals surface area contributed by atoms with Crippen LogP contribution in [-0.2, 0) is 0 Å². The maximum absolute atomic E-state index is 4.79. The van der Waals surface area contributed by atoms with Crippen LogP contribution in [0.15, 0.2) is 32.5 Å². The minimum atomic E-state index is 0.155. The Morgan fingerprint density at radius 1 is 1.25 bits per heavy atom. The lowest BCUT2D eigenvalue weighted by molar-refractivity contribution is 0.623. The number of halogens is 2. The van der Waals surface area contributed by atoms with Gasteiger partial charge in [0.2, 0.25) is 0 Å². The van der Waals surface area contributed by atoms with E-state index in [1.54, 1.807) is 11.3 Å². The molecule has 0 fully saturated rings. The highest BCUT2D eigenvalue weighted by Gasteiger charge is 2.18. The fourth-order valence-corrected chi connectivity index (χ4v) is 3.67. The van der Waals surface area contributed by atoms with Gasteiger partial charge in [0.15, 0.2) is 0 Å². The summed E-state index contributed by atoms with van der Waals surface area (Å²) in [6.45, 7) is 7.39. The van der Waals surface area contributed by atoms with Crippen molar-refractivity contribution in [1.82, 2.24) is 10.3 Å². The molecule has 0 aliphatic heterocycles. The number of hydrogen-bond donors (Lipinski definition) is 1. The van der Waals surface area contributed by atoms with Gasteiger partial charge in [0, 0.05) is 14.3 Å². The van der Waals surface area contributed by atoms with Gasteiger partial charge in [-0.2, -0.15) is 0 Å². The Bertz CT molecular complexity index is 581. The van der Waals surface area contributed by atoms with Crippen molar-refractivity contribution in [1.29, 1.82) is 0 Å². The van der Waals surface area contributed by atoms with Gasteiger partial charge in [-0.25, -0.2) is 4.98 Å². The summed E-state index contributed by atoms with van der Waals surface area (Å²) in [6, 6.07) is 6.51. The summed E-state index contributed by atoms with van der Waals surface area (Å²) in [5.74, 6) is 0.471. The fraction of sp³-hybridized carbons (Fsp3) is 0.400. The maximum atomic E-state index is 4.79. The molecule has 2 rings (SSSR count). The number of nitrogens with one attached hydrogen (secondary N) is 1. The second-order valence-electron chi connectivity index (χ2n) is 4.93. The largest absolute Gasteiger partial charge is 0.305 e. The molecule has 0 aliphatic carbocycles. The molecule has 0 bridgehead atoms. The van der Waals surface area contributed by atoms with Gasteiger partial charge >= 0.3 is 0 Å². The molecule has 0 aliphatic rings. The van der Waals surface area contributed by atoms with Crippen molar-refractivity contribution in [3.05, 3.63) is 48.8 Å². The first kappa shape index (κ1) is 16.1. The van der Waals surface area contributed by atoms with E-state index < -0.39 is 0 Å². The first-order valence-electron chi connectivity index (χ1n) is 6.66. The molecule has 5 heteroatoms. The number of hydrogen-bond acceptors (Lipinski definition) is 3. The second-order valence-corrected chi connectivity index (χ2v) is 7.53. The number of benzene rings is 1. The molecule has 0 amide bonds. The standard InChI is InChI=1S/C15H18Br2N2S/c1-4-18-14(10-5-6-11(16)12(17)7-10)15-19-13(8-20-15)9(2)3/h5-9,14,18H,4H2,1-3H3. The number of aromatic nitrogens is 1. The predicted octanol–water partition coefficient (Wildman–Crippen LogP) is 5.49. The zero-order valence-electron chi connectivity index (χ0n) is 11.8. The van der Waals surface area contributed by atoms with Crippen molar-refractivity contribution >= 4 is 43.2 Å². The molecule has 0 spiro atoms. The van der Waals surface area contributed by atoms with Crippen LogP contribution in [0.3, 0.4) is 0 Å². The van der Waals surface area contributed by atoms with Gasteiger partial charge in [-0.1, -0.05) is 26.8 Å². The van der Waals surface area contributed by atoms with Crippen LogP contribution in [0.4, 0.5) is 0 Å². The van der Waals surface area contributed by atoms with Crippen LogP contribution < -0.4 is 5.32 Å². The average molecular weight is 418 g/mol. The van der Waals surface area contributed by atoms with E-state index in [1.165, 1.54) is 11.3 Å². The van der Waals surface area contributed by atoms with Crippen LogP contribution in [0, 0.1) is 0 Å². The number of nitrogens with zero attached hydrogens (tertiary/aromatic N) is 1. The lowest BCUT2D eigenvalue weighted by Crippen LogP contribution is -2.22. The van der Waals surface area contributed by atoms with E-state index in [0.717, 1.165) is 20.5 Å². The van der Waals surface area contributed by atoms with Gasteiger partial charge in [-0.15, -0.1) is 11.3 Å². The van der Waals surface area contributed by atoms with Crippen LogP contribution in [0.1, 0.15) is 49.0 Å². The maximum Gasteiger partial charge on any atom is 0.114 e. The molecule has 1 aromatic carbocycles. The Hall–Kier alpha value is -0.230. The van der Waals surface area contributed by atoms with E-state index in [-0.39, 0.29) is 6.04 Å². The van der Waals surface area contributed by atoms with Crippen LogP contribution >= 0.6 is 43.2 Å². The van der Waals surface area contributed by atoms with Crippen molar-refractivity contribution in [3.8, 4) is 0 Å². The Morgan fingerprint density at radius 2 is 2.00 bits per heavy atom. The first-order chi connectivity index (χ1) is 9.52. The SMILES string of the molecule is CCNC(c1ccc(Br)c(Br)c1)c1nc(C(C)C)cs1. The van der Waals surface area contributed by atoms with Crippen molar-refractivity contribution < 1.29 is 0 Å². The van der Waals surface area contributed by atoms with Crippen molar-refractivity contribution in [2.75, 3.05) is 6.54 Å². The van der Waals surface area contributed by atoms with E-state index >= 15 is 0 Å². The zero-order chi connectivity index (χ0) is 14.7. The van der Waals surface area contributed by atoms with Gasteiger partial charge in [0.05, 0.1) is 11.7 Å². The molecule has 1 aromatic heterocycles.